The maximum absolute atomic E-state index is 12.0. The summed E-state index contributed by atoms with van der Waals surface area (Å²) >= 11 is 0. The van der Waals surface area contributed by atoms with Gasteiger partial charge in [0.15, 0.2) is 0 Å². The van der Waals surface area contributed by atoms with Gasteiger partial charge in [0.05, 0.1) is 0 Å². The first-order valence-electron chi connectivity index (χ1n) is 4.19. The first-order valence-corrected chi connectivity index (χ1v) is 4.19. The molecule has 1 N–H and O–H groups in total. The summed E-state index contributed by atoms with van der Waals surface area (Å²) in [5.74, 6) is -0.631. The summed E-state index contributed by atoms with van der Waals surface area (Å²) in [7, 11) is 0. The molecule has 3 nitrogen and oxygen atoms in total. The standard InChI is InChI=1S/C7H7F6NO2/c8-6(9,10)5(7(11,12)13)16-4-2-1-3(15)14-4/h4-5H,1-2H2,(H,14,15). The fraction of sp³-hybridized carbons (Fsp3) is 0.857. The van der Waals surface area contributed by atoms with Crippen molar-refractivity contribution in [2.75, 3.05) is 0 Å². The molecule has 0 aromatic heterocycles. The second-order valence-electron chi connectivity index (χ2n) is 3.19. The molecule has 1 atom stereocenters. The average molecular weight is 251 g/mol. The van der Waals surface area contributed by atoms with Crippen LogP contribution in [-0.2, 0) is 9.53 Å². The van der Waals surface area contributed by atoms with Crippen LogP contribution in [0.1, 0.15) is 12.8 Å². The number of nitrogens with one attached hydrogen (secondary N) is 1. The topological polar surface area (TPSA) is 38.3 Å². The number of carbonyl (C=O) groups is 1. The molecule has 1 unspecified atom stereocenters. The van der Waals surface area contributed by atoms with Crippen molar-refractivity contribution in [2.45, 2.75) is 37.5 Å². The molecule has 0 radical (unpaired) electrons. The van der Waals surface area contributed by atoms with E-state index >= 15 is 0 Å². The number of amides is 1. The molecule has 0 aromatic carbocycles. The Labute approximate surface area is 85.7 Å². The minimum Gasteiger partial charge on any atom is -0.337 e. The molecule has 0 saturated carbocycles. The van der Waals surface area contributed by atoms with Crippen LogP contribution in [0, 0.1) is 0 Å². The molecular weight excluding hydrogens is 244 g/mol. The molecule has 0 aromatic rings. The molecule has 1 rings (SSSR count). The summed E-state index contributed by atoms with van der Waals surface area (Å²) < 4.78 is 75.9. The van der Waals surface area contributed by atoms with E-state index in [-0.39, 0.29) is 12.8 Å². The Morgan fingerprint density at radius 3 is 2.00 bits per heavy atom. The number of halogens is 6. The van der Waals surface area contributed by atoms with Gasteiger partial charge in [-0.2, -0.15) is 26.3 Å². The summed E-state index contributed by atoms with van der Waals surface area (Å²) in [6.45, 7) is 0. The Morgan fingerprint density at radius 2 is 1.69 bits per heavy atom. The van der Waals surface area contributed by atoms with E-state index in [1.54, 1.807) is 0 Å². The molecule has 1 saturated heterocycles. The number of hydrogen-bond acceptors (Lipinski definition) is 2. The van der Waals surface area contributed by atoms with Gasteiger partial charge in [-0.25, -0.2) is 0 Å². The number of carbonyl (C=O) groups excluding carboxylic acids is 1. The summed E-state index contributed by atoms with van der Waals surface area (Å²) in [5, 5.41) is 1.87. The highest BCUT2D eigenvalue weighted by Gasteiger charge is 2.59. The van der Waals surface area contributed by atoms with Crippen molar-refractivity contribution < 1.29 is 35.9 Å². The predicted molar refractivity (Wildman–Crippen MR) is 38.1 cm³/mol. The van der Waals surface area contributed by atoms with E-state index in [4.69, 9.17) is 0 Å². The van der Waals surface area contributed by atoms with Gasteiger partial charge in [-0.15, -0.1) is 0 Å². The van der Waals surface area contributed by atoms with Crippen molar-refractivity contribution in [3.63, 3.8) is 0 Å². The third-order valence-electron chi connectivity index (χ3n) is 1.85. The highest BCUT2D eigenvalue weighted by Crippen LogP contribution is 2.36. The summed E-state index contributed by atoms with van der Waals surface area (Å²) in [6, 6.07) is 0. The van der Waals surface area contributed by atoms with Gasteiger partial charge in [0.1, 0.15) is 6.23 Å². The Morgan fingerprint density at radius 1 is 1.19 bits per heavy atom. The van der Waals surface area contributed by atoms with Crippen molar-refractivity contribution in [3.05, 3.63) is 0 Å². The zero-order valence-corrected chi connectivity index (χ0v) is 7.65. The lowest BCUT2D eigenvalue weighted by Gasteiger charge is -2.25. The van der Waals surface area contributed by atoms with Crippen LogP contribution in [0.4, 0.5) is 26.3 Å². The molecule has 0 bridgehead atoms. The van der Waals surface area contributed by atoms with Gasteiger partial charge in [-0.05, 0) is 0 Å². The SMILES string of the molecule is O=C1CCC(OC(C(F)(F)F)C(F)(F)F)N1. The zero-order valence-electron chi connectivity index (χ0n) is 7.65. The highest BCUT2D eigenvalue weighted by molar-refractivity contribution is 5.78. The van der Waals surface area contributed by atoms with E-state index in [1.165, 1.54) is 0 Å². The van der Waals surface area contributed by atoms with Gasteiger partial charge in [0.25, 0.3) is 6.10 Å². The fourth-order valence-corrected chi connectivity index (χ4v) is 1.19. The smallest absolute Gasteiger partial charge is 0.337 e. The lowest BCUT2D eigenvalue weighted by molar-refractivity contribution is -0.331. The number of ether oxygens (including phenoxy) is 1. The maximum atomic E-state index is 12.0. The summed E-state index contributed by atoms with van der Waals surface area (Å²) in [6.07, 6.45) is -16.9. The molecule has 9 heteroatoms. The lowest BCUT2D eigenvalue weighted by atomic mass is 10.3. The first-order chi connectivity index (χ1) is 7.10. The molecule has 1 heterocycles. The van der Waals surface area contributed by atoms with Crippen molar-refractivity contribution in [3.8, 4) is 0 Å². The van der Waals surface area contributed by atoms with Crippen LogP contribution < -0.4 is 5.32 Å². The average Bonchev–Trinajstić information content (AvgIpc) is 2.43. The van der Waals surface area contributed by atoms with Crippen LogP contribution in [0.5, 0.6) is 0 Å². The Kier molecular flexibility index (Phi) is 3.36. The van der Waals surface area contributed by atoms with Gasteiger partial charge >= 0.3 is 12.4 Å². The monoisotopic (exact) mass is 251 g/mol. The quantitative estimate of drug-likeness (QED) is 0.759. The largest absolute Gasteiger partial charge is 0.423 e. The predicted octanol–water partition coefficient (Wildman–Crippen LogP) is 1.73. The molecule has 0 spiro atoms. The van der Waals surface area contributed by atoms with Crippen molar-refractivity contribution in [1.82, 2.24) is 5.32 Å². The Bertz CT molecular complexity index is 259. The van der Waals surface area contributed by atoms with Crippen LogP contribution >= 0.6 is 0 Å². The van der Waals surface area contributed by atoms with Crippen molar-refractivity contribution >= 4 is 5.91 Å². The van der Waals surface area contributed by atoms with Crippen LogP contribution in [0.25, 0.3) is 0 Å². The Hall–Kier alpha value is -0.990. The molecule has 1 amide bonds. The molecule has 1 aliphatic rings. The minimum atomic E-state index is -5.55. The maximum Gasteiger partial charge on any atom is 0.423 e. The molecule has 1 fully saturated rings. The Balaban J connectivity index is 2.69. The number of rotatable bonds is 2. The summed E-state index contributed by atoms with van der Waals surface area (Å²) in [4.78, 5) is 10.6. The van der Waals surface area contributed by atoms with E-state index in [1.807, 2.05) is 5.32 Å². The third kappa shape index (κ3) is 3.26. The molecular formula is C7H7F6NO2. The highest BCUT2D eigenvalue weighted by atomic mass is 19.4. The van der Waals surface area contributed by atoms with Gasteiger partial charge in [-0.3, -0.25) is 4.79 Å². The molecule has 0 aliphatic carbocycles. The lowest BCUT2D eigenvalue weighted by Crippen LogP contribution is -2.48. The van der Waals surface area contributed by atoms with E-state index in [0.29, 0.717) is 0 Å². The third-order valence-corrected chi connectivity index (χ3v) is 1.85. The van der Waals surface area contributed by atoms with Gasteiger partial charge in [-0.1, -0.05) is 0 Å². The zero-order chi connectivity index (χ0) is 12.6. The fourth-order valence-electron chi connectivity index (χ4n) is 1.19. The number of alkyl halides is 6. The van der Waals surface area contributed by atoms with Gasteiger partial charge in [0, 0.05) is 12.8 Å². The van der Waals surface area contributed by atoms with Crippen LogP contribution in [0.15, 0.2) is 0 Å². The minimum absolute atomic E-state index is 0.146. The van der Waals surface area contributed by atoms with Gasteiger partial charge < -0.3 is 10.1 Å². The van der Waals surface area contributed by atoms with Gasteiger partial charge in [0.2, 0.25) is 5.91 Å². The second-order valence-corrected chi connectivity index (χ2v) is 3.19. The first kappa shape index (κ1) is 13.1. The van der Waals surface area contributed by atoms with Crippen LogP contribution in [0.2, 0.25) is 0 Å². The molecule has 1 aliphatic heterocycles. The van der Waals surface area contributed by atoms with Crippen molar-refractivity contribution in [2.24, 2.45) is 0 Å². The van der Waals surface area contributed by atoms with E-state index in [0.717, 1.165) is 0 Å². The van der Waals surface area contributed by atoms with Crippen LogP contribution in [0.3, 0.4) is 0 Å². The summed E-state index contributed by atoms with van der Waals surface area (Å²) in [5.41, 5.74) is 0. The van der Waals surface area contributed by atoms with E-state index < -0.39 is 30.6 Å². The normalized spacial score (nSPS) is 22.7. The molecule has 94 valence electrons. The van der Waals surface area contributed by atoms with Crippen molar-refractivity contribution in [1.29, 1.82) is 0 Å². The second kappa shape index (κ2) is 4.11. The van der Waals surface area contributed by atoms with Crippen LogP contribution in [-0.4, -0.2) is 30.6 Å². The van der Waals surface area contributed by atoms with E-state index in [9.17, 15) is 31.1 Å². The molecule has 16 heavy (non-hydrogen) atoms. The number of hydrogen-bond donors (Lipinski definition) is 1. The van der Waals surface area contributed by atoms with E-state index in [2.05, 4.69) is 4.74 Å².